The van der Waals surface area contributed by atoms with Gasteiger partial charge in [-0.2, -0.15) is 11.8 Å². The van der Waals surface area contributed by atoms with E-state index in [9.17, 15) is 0 Å². The second kappa shape index (κ2) is 6.17. The van der Waals surface area contributed by atoms with Gasteiger partial charge in [-0.1, -0.05) is 17.7 Å². The molecule has 2 nitrogen and oxygen atoms in total. The maximum atomic E-state index is 6.32. The van der Waals surface area contributed by atoms with E-state index in [1.54, 1.807) is 0 Å². The molecule has 0 aliphatic carbocycles. The van der Waals surface area contributed by atoms with Crippen LogP contribution in [-0.4, -0.2) is 21.1 Å². The lowest BCUT2D eigenvalue weighted by atomic mass is 10.0. The Hall–Kier alpha value is -0.380. The third-order valence-corrected chi connectivity index (χ3v) is 5.45. The molecule has 0 saturated carbocycles. The minimum Gasteiger partial charge on any atom is -0.326 e. The number of rotatable bonds is 3. The summed E-state index contributed by atoms with van der Waals surface area (Å²) in [5.41, 5.74) is 1.99. The van der Waals surface area contributed by atoms with E-state index in [-0.39, 0.29) is 5.38 Å². The van der Waals surface area contributed by atoms with E-state index >= 15 is 0 Å². The van der Waals surface area contributed by atoms with E-state index in [0.29, 0.717) is 5.02 Å². The fourth-order valence-corrected chi connectivity index (χ4v) is 4.40. The number of hydrogen-bond donors (Lipinski definition) is 0. The summed E-state index contributed by atoms with van der Waals surface area (Å²) in [6.07, 6.45) is 2.56. The maximum Gasteiger partial charge on any atom is 0.127 e. The predicted octanol–water partition coefficient (Wildman–Crippen LogP) is 5.13. The van der Waals surface area contributed by atoms with Gasteiger partial charge < -0.3 is 4.57 Å². The fraction of sp³-hybridized carbons (Fsp3) is 0.533. The Kier molecular flexibility index (Phi) is 4.49. The molecule has 2 aromatic rings. The standard InChI is InChI=1S/C15H18Cl2N2S/c1-10(16)15-18-14-12(17)3-2-4-13(14)19(15)9-11-5-7-20-8-6-11/h2-4,10-11H,5-9H2,1H3. The monoisotopic (exact) mass is 328 g/mol. The summed E-state index contributed by atoms with van der Waals surface area (Å²) in [5, 5.41) is 0.607. The Balaban J connectivity index is 2.02. The molecule has 1 aliphatic rings. The summed E-state index contributed by atoms with van der Waals surface area (Å²) in [6, 6.07) is 5.97. The maximum absolute atomic E-state index is 6.32. The molecule has 108 valence electrons. The van der Waals surface area contributed by atoms with Gasteiger partial charge in [0.05, 0.1) is 15.9 Å². The van der Waals surface area contributed by atoms with Crippen LogP contribution in [0, 0.1) is 5.92 Å². The smallest absolute Gasteiger partial charge is 0.127 e. The van der Waals surface area contributed by atoms with Crippen molar-refractivity contribution in [2.24, 2.45) is 5.92 Å². The molecule has 1 unspecified atom stereocenters. The predicted molar refractivity (Wildman–Crippen MR) is 89.1 cm³/mol. The van der Waals surface area contributed by atoms with Crippen molar-refractivity contribution in [2.75, 3.05) is 11.5 Å². The topological polar surface area (TPSA) is 17.8 Å². The number of benzene rings is 1. The summed E-state index contributed by atoms with van der Waals surface area (Å²) in [5.74, 6) is 4.20. The highest BCUT2D eigenvalue weighted by Crippen LogP contribution is 2.31. The zero-order valence-electron chi connectivity index (χ0n) is 11.5. The van der Waals surface area contributed by atoms with Gasteiger partial charge in [-0.05, 0) is 49.3 Å². The lowest BCUT2D eigenvalue weighted by Crippen LogP contribution is -2.18. The van der Waals surface area contributed by atoms with Crippen LogP contribution in [0.25, 0.3) is 11.0 Å². The van der Waals surface area contributed by atoms with E-state index in [1.807, 2.05) is 19.1 Å². The first-order chi connectivity index (χ1) is 9.66. The fourth-order valence-electron chi connectivity index (χ4n) is 2.81. The summed E-state index contributed by atoms with van der Waals surface area (Å²) >= 11 is 14.6. The first-order valence-corrected chi connectivity index (χ1v) is 9.00. The van der Waals surface area contributed by atoms with Crippen molar-refractivity contribution < 1.29 is 0 Å². The number of aromatic nitrogens is 2. The summed E-state index contributed by atoms with van der Waals surface area (Å²) in [6.45, 7) is 2.98. The lowest BCUT2D eigenvalue weighted by Gasteiger charge is -2.23. The van der Waals surface area contributed by atoms with Crippen LogP contribution in [0.3, 0.4) is 0 Å². The summed E-state index contributed by atoms with van der Waals surface area (Å²) in [7, 11) is 0. The minimum atomic E-state index is -0.101. The summed E-state index contributed by atoms with van der Waals surface area (Å²) in [4.78, 5) is 4.67. The molecule has 1 saturated heterocycles. The van der Waals surface area contributed by atoms with Crippen molar-refractivity contribution >= 4 is 46.0 Å². The highest BCUT2D eigenvalue weighted by Gasteiger charge is 2.21. The van der Waals surface area contributed by atoms with Gasteiger partial charge in [0, 0.05) is 6.54 Å². The molecular weight excluding hydrogens is 311 g/mol. The molecule has 1 aromatic carbocycles. The minimum absolute atomic E-state index is 0.101. The Morgan fingerprint density at radius 1 is 1.40 bits per heavy atom. The Morgan fingerprint density at radius 2 is 2.15 bits per heavy atom. The molecule has 1 fully saturated rings. The molecule has 0 N–H and O–H groups in total. The first-order valence-electron chi connectivity index (χ1n) is 7.03. The third-order valence-electron chi connectivity index (χ3n) is 3.90. The van der Waals surface area contributed by atoms with Gasteiger partial charge in [0.2, 0.25) is 0 Å². The average molecular weight is 329 g/mol. The molecule has 1 aromatic heterocycles. The first kappa shape index (κ1) is 14.6. The number of halogens is 2. The molecule has 0 amide bonds. The van der Waals surface area contributed by atoms with E-state index in [2.05, 4.69) is 27.4 Å². The molecule has 0 radical (unpaired) electrons. The van der Waals surface area contributed by atoms with Crippen LogP contribution in [0.4, 0.5) is 0 Å². The zero-order chi connectivity index (χ0) is 14.1. The summed E-state index contributed by atoms with van der Waals surface area (Å²) < 4.78 is 2.28. The van der Waals surface area contributed by atoms with Crippen molar-refractivity contribution in [3.05, 3.63) is 29.0 Å². The second-order valence-corrected chi connectivity index (χ2v) is 7.65. The highest BCUT2D eigenvalue weighted by atomic mass is 35.5. The molecule has 1 atom stereocenters. The molecular formula is C15H18Cl2N2S. The van der Waals surface area contributed by atoms with E-state index in [0.717, 1.165) is 29.3 Å². The number of nitrogens with zero attached hydrogens (tertiary/aromatic N) is 2. The zero-order valence-corrected chi connectivity index (χ0v) is 13.8. The van der Waals surface area contributed by atoms with Crippen LogP contribution in [0.2, 0.25) is 5.02 Å². The van der Waals surface area contributed by atoms with Crippen LogP contribution < -0.4 is 0 Å². The van der Waals surface area contributed by atoms with Crippen LogP contribution in [0.1, 0.15) is 31.0 Å². The molecule has 2 heterocycles. The van der Waals surface area contributed by atoms with Crippen molar-refractivity contribution in [3.63, 3.8) is 0 Å². The molecule has 5 heteroatoms. The number of hydrogen-bond acceptors (Lipinski definition) is 2. The molecule has 0 spiro atoms. The quantitative estimate of drug-likeness (QED) is 0.726. The SMILES string of the molecule is CC(Cl)c1nc2c(Cl)cccc2n1CC1CCSCC1. The van der Waals surface area contributed by atoms with Gasteiger partial charge in [0.1, 0.15) is 11.3 Å². The number of imidazole rings is 1. The average Bonchev–Trinajstić information content (AvgIpc) is 2.81. The van der Waals surface area contributed by atoms with Crippen molar-refractivity contribution in [1.82, 2.24) is 9.55 Å². The van der Waals surface area contributed by atoms with Crippen LogP contribution in [0.15, 0.2) is 18.2 Å². The number of thioether (sulfide) groups is 1. The van der Waals surface area contributed by atoms with E-state index in [4.69, 9.17) is 23.2 Å². The van der Waals surface area contributed by atoms with Gasteiger partial charge in [0.15, 0.2) is 0 Å². The van der Waals surface area contributed by atoms with Crippen molar-refractivity contribution in [1.29, 1.82) is 0 Å². The van der Waals surface area contributed by atoms with Gasteiger partial charge in [-0.15, -0.1) is 11.6 Å². The normalized spacial score (nSPS) is 18.6. The number of alkyl halides is 1. The van der Waals surface area contributed by atoms with Gasteiger partial charge >= 0.3 is 0 Å². The van der Waals surface area contributed by atoms with Crippen LogP contribution >= 0.6 is 35.0 Å². The number of para-hydroxylation sites is 1. The lowest BCUT2D eigenvalue weighted by molar-refractivity contribution is 0.415. The molecule has 1 aliphatic heterocycles. The van der Waals surface area contributed by atoms with Crippen LogP contribution in [0.5, 0.6) is 0 Å². The van der Waals surface area contributed by atoms with E-state index < -0.39 is 0 Å². The van der Waals surface area contributed by atoms with Crippen molar-refractivity contribution in [2.45, 2.75) is 31.7 Å². The Morgan fingerprint density at radius 3 is 2.85 bits per heavy atom. The molecule has 3 rings (SSSR count). The van der Waals surface area contributed by atoms with Crippen molar-refractivity contribution in [3.8, 4) is 0 Å². The molecule has 0 bridgehead atoms. The van der Waals surface area contributed by atoms with Gasteiger partial charge in [0.25, 0.3) is 0 Å². The Labute approximate surface area is 133 Å². The van der Waals surface area contributed by atoms with E-state index in [1.165, 1.54) is 24.3 Å². The second-order valence-electron chi connectivity index (χ2n) is 5.36. The third kappa shape index (κ3) is 2.81. The largest absolute Gasteiger partial charge is 0.326 e. The van der Waals surface area contributed by atoms with Crippen LogP contribution in [-0.2, 0) is 6.54 Å². The highest BCUT2D eigenvalue weighted by molar-refractivity contribution is 7.99. The molecule has 20 heavy (non-hydrogen) atoms. The van der Waals surface area contributed by atoms with Gasteiger partial charge in [-0.25, -0.2) is 4.98 Å². The van der Waals surface area contributed by atoms with Gasteiger partial charge in [-0.3, -0.25) is 0 Å². The number of fused-ring (bicyclic) bond motifs is 1. The Bertz CT molecular complexity index is 603.